The van der Waals surface area contributed by atoms with E-state index < -0.39 is 0 Å². The molecule has 2 amide bonds. The molecule has 0 aromatic heterocycles. The smallest absolute Gasteiger partial charge is 0.236 e. The topological polar surface area (TPSA) is 84.0 Å². The first-order valence-electron chi connectivity index (χ1n) is 11.3. The lowest BCUT2D eigenvalue weighted by Gasteiger charge is -2.21. The molecule has 0 fully saturated rings. The van der Waals surface area contributed by atoms with Crippen molar-refractivity contribution in [3.63, 3.8) is 0 Å². The first-order valence-corrected chi connectivity index (χ1v) is 11.3. The van der Waals surface area contributed by atoms with E-state index in [0.717, 1.165) is 18.4 Å². The van der Waals surface area contributed by atoms with Gasteiger partial charge in [-0.05, 0) is 37.0 Å². The van der Waals surface area contributed by atoms with Crippen LogP contribution in [0.15, 0.2) is 24.3 Å². The molecule has 7 nitrogen and oxygen atoms in total. The van der Waals surface area contributed by atoms with Gasteiger partial charge in [0.15, 0.2) is 0 Å². The Hall–Kier alpha value is -2.54. The number of amides is 2. The molecular weight excluding hydrogens is 408 g/mol. The van der Waals surface area contributed by atoms with E-state index in [-0.39, 0.29) is 42.6 Å². The molecule has 32 heavy (non-hydrogen) atoms. The van der Waals surface area contributed by atoms with Gasteiger partial charge in [-0.2, -0.15) is 0 Å². The van der Waals surface area contributed by atoms with E-state index in [9.17, 15) is 19.2 Å². The minimum atomic E-state index is -0.308. The van der Waals surface area contributed by atoms with Crippen molar-refractivity contribution in [3.05, 3.63) is 29.8 Å². The number of anilines is 1. The van der Waals surface area contributed by atoms with E-state index in [1.54, 1.807) is 38.4 Å². The second-order valence-electron chi connectivity index (χ2n) is 8.71. The van der Waals surface area contributed by atoms with E-state index >= 15 is 0 Å². The molecule has 0 unspecified atom stereocenters. The molecule has 0 heterocycles. The molecule has 0 atom stereocenters. The Morgan fingerprint density at radius 3 is 2.16 bits per heavy atom. The van der Waals surface area contributed by atoms with E-state index in [0.29, 0.717) is 31.4 Å². The van der Waals surface area contributed by atoms with Crippen LogP contribution in [-0.4, -0.2) is 62.1 Å². The van der Waals surface area contributed by atoms with E-state index in [1.807, 2.05) is 0 Å². The average Bonchev–Trinajstić information content (AvgIpc) is 2.71. The summed E-state index contributed by atoms with van der Waals surface area (Å²) in [6.45, 7) is 7.39. The maximum Gasteiger partial charge on any atom is 0.236 e. The number of carbonyl (C=O) groups excluding carboxylic acids is 4. The lowest BCUT2D eigenvalue weighted by Crippen LogP contribution is -2.36. The molecule has 0 spiro atoms. The molecule has 0 bridgehead atoms. The predicted molar refractivity (Wildman–Crippen MR) is 126 cm³/mol. The lowest BCUT2D eigenvalue weighted by atomic mass is 10.1. The molecule has 178 valence electrons. The van der Waals surface area contributed by atoms with Crippen LogP contribution < -0.4 is 4.90 Å². The number of unbranched alkanes of at least 4 members (excludes halogenated alkanes) is 1. The normalized spacial score (nSPS) is 10.8. The number of ether oxygens (including phenoxy) is 1. The van der Waals surface area contributed by atoms with Crippen LogP contribution in [0.4, 0.5) is 5.69 Å². The average molecular weight is 447 g/mol. The molecule has 7 heteroatoms. The number of likely N-dealkylation sites (N-methyl/N-ethyl adjacent to an activating group) is 1. The van der Waals surface area contributed by atoms with Gasteiger partial charge in [0.2, 0.25) is 11.8 Å². The van der Waals surface area contributed by atoms with Crippen molar-refractivity contribution in [2.45, 2.75) is 59.3 Å². The quantitative estimate of drug-likeness (QED) is 0.304. The largest absolute Gasteiger partial charge is 0.380 e. The zero-order valence-electron chi connectivity index (χ0n) is 20.2. The molecule has 1 aromatic rings. The second-order valence-corrected chi connectivity index (χ2v) is 8.71. The third-order valence-electron chi connectivity index (χ3n) is 5.16. The summed E-state index contributed by atoms with van der Waals surface area (Å²) < 4.78 is 5.59. The van der Waals surface area contributed by atoms with Crippen LogP contribution in [-0.2, 0) is 30.3 Å². The van der Waals surface area contributed by atoms with Crippen molar-refractivity contribution in [2.24, 2.45) is 5.92 Å². The van der Waals surface area contributed by atoms with Crippen molar-refractivity contribution in [1.82, 2.24) is 4.90 Å². The third-order valence-corrected chi connectivity index (χ3v) is 5.16. The Balaban J connectivity index is 2.39. The van der Waals surface area contributed by atoms with Gasteiger partial charge in [0.05, 0.1) is 13.0 Å². The molecule has 1 aromatic carbocycles. The maximum atomic E-state index is 12.5. The summed E-state index contributed by atoms with van der Waals surface area (Å²) in [4.78, 5) is 50.6. The summed E-state index contributed by atoms with van der Waals surface area (Å²) in [6, 6.07) is 6.97. The number of hydrogen-bond acceptors (Lipinski definition) is 5. The minimum absolute atomic E-state index is 0.0705. The zero-order chi connectivity index (χ0) is 24.1. The van der Waals surface area contributed by atoms with Crippen LogP contribution in [0.5, 0.6) is 0 Å². The van der Waals surface area contributed by atoms with E-state index in [1.165, 1.54) is 23.1 Å². The predicted octanol–water partition coefficient (Wildman–Crippen LogP) is 3.43. The Morgan fingerprint density at radius 1 is 0.906 bits per heavy atom. The first-order chi connectivity index (χ1) is 15.1. The number of nitrogens with zero attached hydrogens (tertiary/aromatic N) is 2. The number of benzene rings is 1. The van der Waals surface area contributed by atoms with Crippen LogP contribution in [0.1, 0.15) is 58.4 Å². The van der Waals surface area contributed by atoms with Crippen molar-refractivity contribution >= 4 is 29.1 Å². The Labute approximate surface area is 192 Å². The van der Waals surface area contributed by atoms with Gasteiger partial charge < -0.3 is 14.5 Å². The molecular formula is C25H38N2O5. The second kappa shape index (κ2) is 14.5. The van der Waals surface area contributed by atoms with Gasteiger partial charge in [-0.3, -0.25) is 19.2 Å². The van der Waals surface area contributed by atoms with Crippen LogP contribution in [0, 0.1) is 5.92 Å². The third kappa shape index (κ3) is 11.2. The Kier molecular flexibility index (Phi) is 12.5. The number of Topliss-reactive ketones (excluding diaryl/α,β-unsaturated/α-hetero) is 2. The SMILES string of the molecule is CC(=O)CC(=O)Cc1ccc(N(C)C(=O)CC(=O)N(C)CCOCCCCC(C)C)cc1. The van der Waals surface area contributed by atoms with Gasteiger partial charge in [0, 0.05) is 39.4 Å². The van der Waals surface area contributed by atoms with Crippen molar-refractivity contribution in [1.29, 1.82) is 0 Å². The van der Waals surface area contributed by atoms with Gasteiger partial charge >= 0.3 is 0 Å². The summed E-state index contributed by atoms with van der Waals surface area (Å²) in [7, 11) is 3.29. The Bertz CT molecular complexity index is 758. The number of ketones is 2. The zero-order valence-corrected chi connectivity index (χ0v) is 20.2. The van der Waals surface area contributed by atoms with Gasteiger partial charge in [0.25, 0.3) is 0 Å². The number of hydrogen-bond donors (Lipinski definition) is 0. The highest BCUT2D eigenvalue weighted by molar-refractivity contribution is 6.04. The molecule has 1 rings (SSSR count). The van der Waals surface area contributed by atoms with Crippen LogP contribution in [0.2, 0.25) is 0 Å². The molecule has 0 aliphatic rings. The standard InChI is InChI=1S/C25H38N2O5/c1-19(2)8-6-7-14-32-15-13-26(4)24(30)18-25(31)27(5)22-11-9-21(10-12-22)17-23(29)16-20(3)28/h9-12,19H,6-8,13-18H2,1-5H3. The van der Waals surface area contributed by atoms with Gasteiger partial charge in [0.1, 0.15) is 18.0 Å². The van der Waals surface area contributed by atoms with Gasteiger partial charge in [-0.15, -0.1) is 0 Å². The Morgan fingerprint density at radius 2 is 1.56 bits per heavy atom. The fourth-order valence-electron chi connectivity index (χ4n) is 3.12. The van der Waals surface area contributed by atoms with E-state index in [2.05, 4.69) is 13.8 Å². The highest BCUT2D eigenvalue weighted by Gasteiger charge is 2.18. The summed E-state index contributed by atoms with van der Waals surface area (Å²) in [5, 5.41) is 0. The van der Waals surface area contributed by atoms with Crippen LogP contribution in [0.3, 0.4) is 0 Å². The van der Waals surface area contributed by atoms with Crippen molar-refractivity contribution in [3.8, 4) is 0 Å². The van der Waals surface area contributed by atoms with Crippen LogP contribution in [0.25, 0.3) is 0 Å². The first kappa shape index (κ1) is 27.5. The number of carbonyl (C=O) groups is 4. The summed E-state index contributed by atoms with van der Waals surface area (Å²) in [5.74, 6) is -0.148. The molecule has 0 aliphatic carbocycles. The van der Waals surface area contributed by atoms with E-state index in [4.69, 9.17) is 4.74 Å². The fourth-order valence-corrected chi connectivity index (χ4v) is 3.12. The number of rotatable bonds is 15. The summed E-state index contributed by atoms with van der Waals surface area (Å²) in [5.41, 5.74) is 1.42. The molecule has 0 aliphatic heterocycles. The minimum Gasteiger partial charge on any atom is -0.380 e. The van der Waals surface area contributed by atoms with Gasteiger partial charge in [-0.1, -0.05) is 38.8 Å². The van der Waals surface area contributed by atoms with Gasteiger partial charge in [-0.25, -0.2) is 0 Å². The highest BCUT2D eigenvalue weighted by atomic mass is 16.5. The van der Waals surface area contributed by atoms with Crippen molar-refractivity contribution < 1.29 is 23.9 Å². The highest BCUT2D eigenvalue weighted by Crippen LogP contribution is 2.16. The maximum absolute atomic E-state index is 12.5. The fraction of sp³-hybridized carbons (Fsp3) is 0.600. The lowest BCUT2D eigenvalue weighted by molar-refractivity contribution is -0.135. The summed E-state index contributed by atoms with van der Waals surface area (Å²) in [6.07, 6.45) is 3.24. The van der Waals surface area contributed by atoms with Crippen LogP contribution >= 0.6 is 0 Å². The summed E-state index contributed by atoms with van der Waals surface area (Å²) >= 11 is 0. The molecule has 0 saturated carbocycles. The monoisotopic (exact) mass is 446 g/mol. The molecule has 0 N–H and O–H groups in total. The van der Waals surface area contributed by atoms with Crippen molar-refractivity contribution in [2.75, 3.05) is 38.8 Å². The molecule has 0 radical (unpaired) electrons. The molecule has 0 saturated heterocycles.